The van der Waals surface area contributed by atoms with Crippen molar-refractivity contribution in [3.05, 3.63) is 58.0 Å². The third kappa shape index (κ3) is 7.43. The smallest absolute Gasteiger partial charge is 0.242 e. The first-order chi connectivity index (χ1) is 15.0. The highest BCUT2D eigenvalue weighted by Gasteiger charge is 2.26. The monoisotopic (exact) mass is 446 g/mol. The van der Waals surface area contributed by atoms with Crippen LogP contribution in [-0.4, -0.2) is 47.4 Å². The molecule has 0 aliphatic carbocycles. The number of rotatable bonds is 11. The Morgan fingerprint density at radius 1 is 1.13 bits per heavy atom. The van der Waals surface area contributed by atoms with Crippen LogP contribution in [0.4, 0.5) is 4.39 Å². The number of thiophene rings is 1. The van der Waals surface area contributed by atoms with Gasteiger partial charge in [0.15, 0.2) is 0 Å². The highest BCUT2D eigenvalue weighted by molar-refractivity contribution is 7.09. The highest BCUT2D eigenvalue weighted by Crippen LogP contribution is 2.18. The van der Waals surface area contributed by atoms with Gasteiger partial charge in [-0.3, -0.25) is 9.59 Å². The molecule has 1 aliphatic heterocycles. The van der Waals surface area contributed by atoms with Crippen molar-refractivity contribution in [1.82, 2.24) is 9.80 Å². The zero-order valence-corrected chi connectivity index (χ0v) is 18.9. The van der Waals surface area contributed by atoms with Crippen molar-refractivity contribution in [3.8, 4) is 0 Å². The van der Waals surface area contributed by atoms with E-state index in [1.54, 1.807) is 33.3 Å². The maximum absolute atomic E-state index is 13.3. The Morgan fingerprint density at radius 3 is 2.58 bits per heavy atom. The van der Waals surface area contributed by atoms with E-state index in [-0.39, 0.29) is 30.3 Å². The Labute approximate surface area is 187 Å². The van der Waals surface area contributed by atoms with Crippen molar-refractivity contribution >= 4 is 23.2 Å². The molecule has 1 fully saturated rings. The Kier molecular flexibility index (Phi) is 9.03. The topological polar surface area (TPSA) is 49.9 Å². The zero-order valence-electron chi connectivity index (χ0n) is 18.1. The molecule has 7 heteroatoms. The van der Waals surface area contributed by atoms with E-state index in [4.69, 9.17) is 4.74 Å². The van der Waals surface area contributed by atoms with Crippen LogP contribution in [0.15, 0.2) is 41.8 Å². The first-order valence-electron chi connectivity index (χ1n) is 11.0. The molecule has 1 aromatic carbocycles. The van der Waals surface area contributed by atoms with E-state index in [9.17, 15) is 14.0 Å². The number of carbonyl (C=O) groups is 2. The number of hydrogen-bond acceptors (Lipinski definition) is 4. The standard InChI is InChI=1S/C24H31FN2O3S/c1-2-3-8-23(28)27(16-21-6-4-13-30-21)18-24(29)26(17-22-7-5-14-31-22)15-19-9-11-20(25)12-10-19/h5,7,9-12,14,21H,2-4,6,8,13,15-18H2,1H3. The summed E-state index contributed by atoms with van der Waals surface area (Å²) in [5.74, 6) is -0.409. The fraction of sp³-hybridized carbons (Fsp3) is 0.500. The SMILES string of the molecule is CCCCC(=O)N(CC(=O)N(Cc1ccc(F)cc1)Cc1cccs1)CC1CCCO1. The van der Waals surface area contributed by atoms with E-state index in [0.29, 0.717) is 32.7 Å². The van der Waals surface area contributed by atoms with Crippen LogP contribution in [-0.2, 0) is 27.4 Å². The van der Waals surface area contributed by atoms with E-state index in [1.807, 2.05) is 24.4 Å². The molecule has 168 valence electrons. The van der Waals surface area contributed by atoms with Crippen molar-refractivity contribution in [3.63, 3.8) is 0 Å². The van der Waals surface area contributed by atoms with Gasteiger partial charge in [0.1, 0.15) is 5.82 Å². The number of carbonyl (C=O) groups excluding carboxylic acids is 2. The molecule has 1 atom stereocenters. The number of halogens is 1. The average Bonchev–Trinajstić information content (AvgIpc) is 3.47. The van der Waals surface area contributed by atoms with Crippen LogP contribution in [0, 0.1) is 5.82 Å². The van der Waals surface area contributed by atoms with Gasteiger partial charge in [-0.25, -0.2) is 4.39 Å². The fourth-order valence-corrected chi connectivity index (χ4v) is 4.39. The van der Waals surface area contributed by atoms with Gasteiger partial charge in [0.2, 0.25) is 11.8 Å². The summed E-state index contributed by atoms with van der Waals surface area (Å²) in [6.45, 7) is 4.09. The number of amides is 2. The van der Waals surface area contributed by atoms with Crippen LogP contribution in [0.5, 0.6) is 0 Å². The van der Waals surface area contributed by atoms with Gasteiger partial charge < -0.3 is 14.5 Å². The number of nitrogens with zero attached hydrogens (tertiary/aromatic N) is 2. The third-order valence-corrected chi connectivity index (χ3v) is 6.30. The minimum atomic E-state index is -0.302. The molecule has 1 aliphatic rings. The lowest BCUT2D eigenvalue weighted by molar-refractivity contribution is -0.142. The molecular formula is C24H31FN2O3S. The molecule has 0 radical (unpaired) electrons. The Balaban J connectivity index is 1.72. The second-order valence-electron chi connectivity index (χ2n) is 7.97. The summed E-state index contributed by atoms with van der Waals surface area (Å²) in [5.41, 5.74) is 0.856. The Bertz CT molecular complexity index is 820. The summed E-state index contributed by atoms with van der Waals surface area (Å²) in [7, 11) is 0. The van der Waals surface area contributed by atoms with Crippen LogP contribution < -0.4 is 0 Å². The maximum atomic E-state index is 13.3. The third-order valence-electron chi connectivity index (χ3n) is 5.44. The van der Waals surface area contributed by atoms with E-state index in [0.717, 1.165) is 36.1 Å². The van der Waals surface area contributed by atoms with Crippen LogP contribution in [0.25, 0.3) is 0 Å². The molecule has 1 aromatic heterocycles. The van der Waals surface area contributed by atoms with E-state index in [1.165, 1.54) is 12.1 Å². The average molecular weight is 447 g/mol. The minimum Gasteiger partial charge on any atom is -0.376 e. The largest absolute Gasteiger partial charge is 0.376 e. The van der Waals surface area contributed by atoms with Gasteiger partial charge in [-0.2, -0.15) is 0 Å². The summed E-state index contributed by atoms with van der Waals surface area (Å²) in [6, 6.07) is 10.1. The van der Waals surface area contributed by atoms with Crippen LogP contribution in [0.3, 0.4) is 0 Å². The molecule has 3 rings (SSSR count). The van der Waals surface area contributed by atoms with Crippen molar-refractivity contribution in [2.24, 2.45) is 0 Å². The Hall–Kier alpha value is -2.25. The molecule has 0 bridgehead atoms. The summed E-state index contributed by atoms with van der Waals surface area (Å²) >= 11 is 1.59. The quantitative estimate of drug-likeness (QED) is 0.506. The molecule has 2 aromatic rings. The minimum absolute atomic E-state index is 0.00113. The van der Waals surface area contributed by atoms with Gasteiger partial charge >= 0.3 is 0 Å². The molecule has 1 saturated heterocycles. The fourth-order valence-electron chi connectivity index (χ4n) is 3.67. The predicted octanol–water partition coefficient (Wildman–Crippen LogP) is 4.61. The first-order valence-corrected chi connectivity index (χ1v) is 11.9. The van der Waals surface area contributed by atoms with Crippen molar-refractivity contribution < 1.29 is 18.7 Å². The summed E-state index contributed by atoms with van der Waals surface area (Å²) in [6.07, 6.45) is 4.09. The molecule has 0 saturated carbocycles. The Morgan fingerprint density at radius 2 is 1.94 bits per heavy atom. The predicted molar refractivity (Wildman–Crippen MR) is 120 cm³/mol. The normalized spacial score (nSPS) is 15.7. The number of benzene rings is 1. The summed E-state index contributed by atoms with van der Waals surface area (Å²) < 4.78 is 19.0. The molecule has 0 N–H and O–H groups in total. The van der Waals surface area contributed by atoms with Gasteiger partial charge in [0.25, 0.3) is 0 Å². The lowest BCUT2D eigenvalue weighted by Gasteiger charge is -2.29. The van der Waals surface area contributed by atoms with Gasteiger partial charge in [-0.1, -0.05) is 31.5 Å². The second kappa shape index (κ2) is 12.0. The molecule has 2 amide bonds. The van der Waals surface area contributed by atoms with Gasteiger partial charge in [0, 0.05) is 31.0 Å². The molecule has 1 unspecified atom stereocenters. The van der Waals surface area contributed by atoms with Gasteiger partial charge in [0.05, 0.1) is 19.2 Å². The summed E-state index contributed by atoms with van der Waals surface area (Å²) in [5, 5.41) is 1.98. The van der Waals surface area contributed by atoms with Crippen LogP contribution in [0.1, 0.15) is 49.5 Å². The lowest BCUT2D eigenvalue weighted by Crippen LogP contribution is -2.45. The second-order valence-corrected chi connectivity index (χ2v) is 9.00. The van der Waals surface area contributed by atoms with Gasteiger partial charge in [-0.05, 0) is 48.4 Å². The van der Waals surface area contributed by atoms with E-state index < -0.39 is 0 Å². The highest BCUT2D eigenvalue weighted by atomic mass is 32.1. The van der Waals surface area contributed by atoms with Crippen molar-refractivity contribution in [1.29, 1.82) is 0 Å². The molecule has 31 heavy (non-hydrogen) atoms. The number of unbranched alkanes of at least 4 members (excludes halogenated alkanes) is 1. The molecule has 2 heterocycles. The number of ether oxygens (including phenoxy) is 1. The number of hydrogen-bond donors (Lipinski definition) is 0. The zero-order chi connectivity index (χ0) is 22.1. The van der Waals surface area contributed by atoms with Crippen molar-refractivity contribution in [2.45, 2.75) is 58.2 Å². The maximum Gasteiger partial charge on any atom is 0.242 e. The van der Waals surface area contributed by atoms with Crippen molar-refractivity contribution in [2.75, 3.05) is 19.7 Å². The first kappa shape index (κ1) is 23.4. The van der Waals surface area contributed by atoms with Crippen LogP contribution >= 0.6 is 11.3 Å². The van der Waals surface area contributed by atoms with E-state index in [2.05, 4.69) is 0 Å². The van der Waals surface area contributed by atoms with E-state index >= 15 is 0 Å². The van der Waals surface area contributed by atoms with Gasteiger partial charge in [-0.15, -0.1) is 11.3 Å². The van der Waals surface area contributed by atoms with Crippen LogP contribution in [0.2, 0.25) is 0 Å². The molecule has 0 spiro atoms. The molecular weight excluding hydrogens is 415 g/mol. The lowest BCUT2D eigenvalue weighted by atomic mass is 10.1. The molecule has 5 nitrogen and oxygen atoms in total. The summed E-state index contributed by atoms with van der Waals surface area (Å²) in [4.78, 5) is 30.6.